The van der Waals surface area contributed by atoms with Gasteiger partial charge in [-0.15, -0.1) is 0 Å². The fourth-order valence-corrected chi connectivity index (χ4v) is 1.82. The van der Waals surface area contributed by atoms with Gasteiger partial charge >= 0.3 is 0 Å². The van der Waals surface area contributed by atoms with Crippen LogP contribution in [-0.4, -0.2) is 31.3 Å². The lowest BCUT2D eigenvalue weighted by Gasteiger charge is -2.11. The first-order valence-corrected chi connectivity index (χ1v) is 6.29. The molecule has 0 saturated heterocycles. The van der Waals surface area contributed by atoms with E-state index >= 15 is 0 Å². The summed E-state index contributed by atoms with van der Waals surface area (Å²) in [5, 5.41) is 3.16. The summed E-state index contributed by atoms with van der Waals surface area (Å²) in [6.45, 7) is 0.556. The molecule has 1 heterocycles. The van der Waals surface area contributed by atoms with E-state index in [1.807, 2.05) is 18.2 Å². The third kappa shape index (κ3) is 3.65. The van der Waals surface area contributed by atoms with Crippen LogP contribution < -0.4 is 25.3 Å². The van der Waals surface area contributed by atoms with Gasteiger partial charge in [0.15, 0.2) is 11.5 Å². The highest BCUT2D eigenvalue weighted by Gasteiger charge is 2.06. The van der Waals surface area contributed by atoms with Gasteiger partial charge in [-0.25, -0.2) is 0 Å². The SMILES string of the molecule is COc1cc(NCc2ccc(OC)c(OC)c2)nc(N)n1. The Morgan fingerprint density at radius 1 is 1.00 bits per heavy atom. The Balaban J connectivity index is 2.11. The maximum Gasteiger partial charge on any atom is 0.225 e. The Morgan fingerprint density at radius 3 is 2.43 bits per heavy atom. The third-order valence-corrected chi connectivity index (χ3v) is 2.85. The molecule has 0 atom stereocenters. The van der Waals surface area contributed by atoms with Crippen LogP contribution >= 0.6 is 0 Å². The van der Waals surface area contributed by atoms with E-state index in [2.05, 4.69) is 15.3 Å². The molecule has 1 aromatic carbocycles. The predicted molar refractivity (Wildman–Crippen MR) is 79.9 cm³/mol. The summed E-state index contributed by atoms with van der Waals surface area (Å²) in [5.41, 5.74) is 6.63. The Bertz CT molecular complexity index is 619. The van der Waals surface area contributed by atoms with Gasteiger partial charge in [-0.1, -0.05) is 6.07 Å². The minimum Gasteiger partial charge on any atom is -0.493 e. The number of nitrogen functional groups attached to an aromatic ring is 1. The second-order valence-corrected chi connectivity index (χ2v) is 4.20. The van der Waals surface area contributed by atoms with Crippen LogP contribution in [0.5, 0.6) is 17.4 Å². The van der Waals surface area contributed by atoms with Gasteiger partial charge in [0.05, 0.1) is 21.3 Å². The molecule has 7 nitrogen and oxygen atoms in total. The number of hydrogen-bond donors (Lipinski definition) is 2. The largest absolute Gasteiger partial charge is 0.493 e. The maximum absolute atomic E-state index is 5.61. The topological polar surface area (TPSA) is 91.5 Å². The number of methoxy groups -OCH3 is 3. The Hall–Kier alpha value is -2.70. The van der Waals surface area contributed by atoms with Gasteiger partial charge in [0.2, 0.25) is 11.8 Å². The molecule has 1 aromatic heterocycles. The van der Waals surface area contributed by atoms with Gasteiger partial charge in [0, 0.05) is 12.6 Å². The van der Waals surface area contributed by atoms with Gasteiger partial charge in [0.25, 0.3) is 0 Å². The van der Waals surface area contributed by atoms with E-state index < -0.39 is 0 Å². The van der Waals surface area contributed by atoms with Crippen molar-refractivity contribution in [2.45, 2.75) is 6.54 Å². The second kappa shape index (κ2) is 6.65. The number of nitrogens with zero attached hydrogens (tertiary/aromatic N) is 2. The van der Waals surface area contributed by atoms with Crippen LogP contribution in [0.15, 0.2) is 24.3 Å². The van der Waals surface area contributed by atoms with Crippen LogP contribution in [0.4, 0.5) is 11.8 Å². The van der Waals surface area contributed by atoms with Crippen LogP contribution in [0.25, 0.3) is 0 Å². The Morgan fingerprint density at radius 2 is 1.76 bits per heavy atom. The summed E-state index contributed by atoms with van der Waals surface area (Å²) in [6, 6.07) is 7.37. The molecule has 0 radical (unpaired) electrons. The van der Waals surface area contributed by atoms with Crippen molar-refractivity contribution >= 4 is 11.8 Å². The van der Waals surface area contributed by atoms with Gasteiger partial charge in [-0.2, -0.15) is 9.97 Å². The van der Waals surface area contributed by atoms with Crippen molar-refractivity contribution in [2.24, 2.45) is 0 Å². The predicted octanol–water partition coefficient (Wildman–Crippen LogP) is 1.70. The fourth-order valence-electron chi connectivity index (χ4n) is 1.82. The smallest absolute Gasteiger partial charge is 0.225 e. The molecule has 3 N–H and O–H groups in total. The molecule has 0 unspecified atom stereocenters. The van der Waals surface area contributed by atoms with Gasteiger partial charge < -0.3 is 25.3 Å². The highest BCUT2D eigenvalue weighted by molar-refractivity contribution is 5.46. The van der Waals surface area contributed by atoms with Crippen molar-refractivity contribution < 1.29 is 14.2 Å². The average molecular weight is 290 g/mol. The molecule has 21 heavy (non-hydrogen) atoms. The molecule has 2 rings (SSSR count). The Kier molecular flexibility index (Phi) is 4.65. The molecule has 2 aromatic rings. The van der Waals surface area contributed by atoms with E-state index in [-0.39, 0.29) is 5.95 Å². The third-order valence-electron chi connectivity index (χ3n) is 2.85. The van der Waals surface area contributed by atoms with Crippen molar-refractivity contribution in [1.29, 1.82) is 0 Å². The van der Waals surface area contributed by atoms with E-state index in [1.165, 1.54) is 7.11 Å². The van der Waals surface area contributed by atoms with Crippen molar-refractivity contribution in [3.63, 3.8) is 0 Å². The van der Waals surface area contributed by atoms with Crippen LogP contribution in [0.3, 0.4) is 0 Å². The van der Waals surface area contributed by atoms with E-state index in [4.69, 9.17) is 19.9 Å². The molecule has 0 saturated carbocycles. The number of aromatic nitrogens is 2. The zero-order valence-electron chi connectivity index (χ0n) is 12.2. The van der Waals surface area contributed by atoms with Crippen molar-refractivity contribution in [3.8, 4) is 17.4 Å². The zero-order valence-corrected chi connectivity index (χ0v) is 12.2. The quantitative estimate of drug-likeness (QED) is 0.836. The summed E-state index contributed by atoms with van der Waals surface area (Å²) in [6.07, 6.45) is 0. The number of ether oxygens (including phenoxy) is 3. The van der Waals surface area contributed by atoms with E-state index in [0.717, 1.165) is 5.56 Å². The van der Waals surface area contributed by atoms with Crippen LogP contribution in [0.1, 0.15) is 5.56 Å². The standard InChI is InChI=1S/C14H18N4O3/c1-19-10-5-4-9(6-11(10)20-2)8-16-12-7-13(21-3)18-14(15)17-12/h4-7H,8H2,1-3H3,(H3,15,16,17,18). The first-order chi connectivity index (χ1) is 10.2. The van der Waals surface area contributed by atoms with Gasteiger partial charge in [-0.3, -0.25) is 0 Å². The molecule has 0 amide bonds. The zero-order chi connectivity index (χ0) is 15.2. The molecule has 112 valence electrons. The van der Waals surface area contributed by atoms with Gasteiger partial charge in [0.1, 0.15) is 5.82 Å². The van der Waals surface area contributed by atoms with Gasteiger partial charge in [-0.05, 0) is 17.7 Å². The molecule has 0 fully saturated rings. The number of anilines is 2. The highest BCUT2D eigenvalue weighted by atomic mass is 16.5. The minimum absolute atomic E-state index is 0.157. The highest BCUT2D eigenvalue weighted by Crippen LogP contribution is 2.27. The summed E-state index contributed by atoms with van der Waals surface area (Å²) in [5.74, 6) is 2.53. The van der Waals surface area contributed by atoms with E-state index in [1.54, 1.807) is 20.3 Å². The molecular weight excluding hydrogens is 272 g/mol. The van der Waals surface area contributed by atoms with E-state index in [9.17, 15) is 0 Å². The number of rotatable bonds is 6. The summed E-state index contributed by atoms with van der Waals surface area (Å²) < 4.78 is 15.5. The summed E-state index contributed by atoms with van der Waals surface area (Å²) in [4.78, 5) is 8.02. The summed E-state index contributed by atoms with van der Waals surface area (Å²) in [7, 11) is 4.73. The van der Waals surface area contributed by atoms with Crippen LogP contribution in [-0.2, 0) is 6.54 Å². The minimum atomic E-state index is 0.157. The lowest BCUT2D eigenvalue weighted by Crippen LogP contribution is -2.05. The molecular formula is C14H18N4O3. The van der Waals surface area contributed by atoms with Crippen molar-refractivity contribution in [3.05, 3.63) is 29.8 Å². The number of nitrogens with one attached hydrogen (secondary N) is 1. The molecule has 0 aliphatic rings. The molecule has 7 heteroatoms. The number of nitrogens with two attached hydrogens (primary N) is 1. The molecule has 0 bridgehead atoms. The Labute approximate surface area is 123 Å². The normalized spacial score (nSPS) is 10.0. The fraction of sp³-hybridized carbons (Fsp3) is 0.286. The van der Waals surface area contributed by atoms with Crippen LogP contribution in [0, 0.1) is 0 Å². The molecule has 0 aliphatic carbocycles. The lowest BCUT2D eigenvalue weighted by molar-refractivity contribution is 0.354. The number of benzene rings is 1. The monoisotopic (exact) mass is 290 g/mol. The van der Waals surface area contributed by atoms with Crippen LogP contribution in [0.2, 0.25) is 0 Å². The maximum atomic E-state index is 5.61. The van der Waals surface area contributed by atoms with E-state index in [0.29, 0.717) is 29.7 Å². The van der Waals surface area contributed by atoms with Crippen molar-refractivity contribution in [1.82, 2.24) is 9.97 Å². The second-order valence-electron chi connectivity index (χ2n) is 4.20. The molecule has 0 aliphatic heterocycles. The average Bonchev–Trinajstić information content (AvgIpc) is 2.52. The molecule has 0 spiro atoms. The number of hydrogen-bond acceptors (Lipinski definition) is 7. The first kappa shape index (κ1) is 14.7. The lowest BCUT2D eigenvalue weighted by atomic mass is 10.2. The first-order valence-electron chi connectivity index (χ1n) is 6.29. The summed E-state index contributed by atoms with van der Waals surface area (Å²) >= 11 is 0. The van der Waals surface area contributed by atoms with Crippen molar-refractivity contribution in [2.75, 3.05) is 32.4 Å².